The highest BCUT2D eigenvalue weighted by Gasteiger charge is 2.22. The Balaban J connectivity index is 1.91. The summed E-state index contributed by atoms with van der Waals surface area (Å²) in [5.41, 5.74) is 0.991. The molecule has 1 N–H and O–H groups in total. The van der Waals surface area contributed by atoms with E-state index in [1.165, 1.54) is 19.1 Å². The summed E-state index contributed by atoms with van der Waals surface area (Å²) >= 11 is 0. The van der Waals surface area contributed by atoms with E-state index in [0.717, 1.165) is 12.1 Å². The van der Waals surface area contributed by atoms with Crippen molar-refractivity contribution in [3.8, 4) is 0 Å². The molecule has 0 aliphatic heterocycles. The summed E-state index contributed by atoms with van der Waals surface area (Å²) in [7, 11) is -1.28. The molecule has 1 aliphatic rings. The number of carbonyl (C=O) groups excluding carboxylic acids is 1. The molecule has 0 spiro atoms. The van der Waals surface area contributed by atoms with Gasteiger partial charge in [-0.2, -0.15) is 0 Å². The normalized spacial score (nSPS) is 16.5. The van der Waals surface area contributed by atoms with Gasteiger partial charge in [0, 0.05) is 18.8 Å². The Morgan fingerprint density at radius 3 is 2.41 bits per heavy atom. The fourth-order valence-electron chi connectivity index (χ4n) is 2.25. The molecule has 1 atom stereocenters. The number of benzene rings is 1. The van der Waals surface area contributed by atoms with Crippen molar-refractivity contribution >= 4 is 15.7 Å². The van der Waals surface area contributed by atoms with Gasteiger partial charge in [0.25, 0.3) is 0 Å². The van der Waals surface area contributed by atoms with Gasteiger partial charge < -0.3 is 5.32 Å². The van der Waals surface area contributed by atoms with Crippen molar-refractivity contribution in [3.63, 3.8) is 0 Å². The molecule has 1 amide bonds. The summed E-state index contributed by atoms with van der Waals surface area (Å²) < 4.78 is 22.9. The third kappa shape index (κ3) is 4.81. The Hall–Kier alpha value is -1.40. The molecule has 0 aromatic heterocycles. The van der Waals surface area contributed by atoms with Gasteiger partial charge in [0.1, 0.15) is 0 Å². The lowest BCUT2D eigenvalue weighted by molar-refractivity contribution is -0.122. The van der Waals surface area contributed by atoms with Crippen molar-refractivity contribution in [2.24, 2.45) is 5.92 Å². The molecule has 1 unspecified atom stereocenters. The molecule has 122 valence electrons. The largest absolute Gasteiger partial charge is 0.355 e. The van der Waals surface area contributed by atoms with Crippen LogP contribution in [-0.4, -0.2) is 45.6 Å². The van der Waals surface area contributed by atoms with E-state index in [0.29, 0.717) is 17.4 Å². The molecule has 0 saturated heterocycles. The number of likely N-dealkylation sites (N-methyl/N-ethyl adjacent to an activating group) is 1. The van der Waals surface area contributed by atoms with Crippen LogP contribution < -0.4 is 5.32 Å². The van der Waals surface area contributed by atoms with Gasteiger partial charge in [-0.25, -0.2) is 8.42 Å². The highest BCUT2D eigenvalue weighted by molar-refractivity contribution is 7.90. The first-order valence-electron chi connectivity index (χ1n) is 7.54. The minimum atomic E-state index is -3.17. The predicted octanol–water partition coefficient (Wildman–Crippen LogP) is 1.61. The standard InChI is InChI=1S/C16H24N2O3S/c1-12(14-6-8-15(9-7-14)22(3,20)21)18(2)11-16(19)17-10-13-4-5-13/h6-9,12-13H,4-5,10-11H2,1-3H3,(H,17,19). The summed E-state index contributed by atoms with van der Waals surface area (Å²) in [6, 6.07) is 6.88. The second-order valence-corrected chi connectivity index (χ2v) is 8.20. The molecule has 1 aliphatic carbocycles. The Labute approximate surface area is 132 Å². The fraction of sp³-hybridized carbons (Fsp3) is 0.562. The maximum atomic E-state index is 11.9. The Bertz CT molecular complexity index is 621. The molecule has 1 fully saturated rings. The first kappa shape index (κ1) is 17.0. The molecule has 1 aromatic carbocycles. The molecule has 22 heavy (non-hydrogen) atoms. The van der Waals surface area contributed by atoms with Crippen LogP contribution in [0.4, 0.5) is 0 Å². The predicted molar refractivity (Wildman–Crippen MR) is 86.3 cm³/mol. The van der Waals surface area contributed by atoms with Crippen LogP contribution in [0, 0.1) is 5.92 Å². The molecule has 5 nitrogen and oxygen atoms in total. The number of hydrogen-bond donors (Lipinski definition) is 1. The molecular formula is C16H24N2O3S. The lowest BCUT2D eigenvalue weighted by atomic mass is 10.1. The number of rotatable bonds is 7. The number of carbonyl (C=O) groups is 1. The smallest absolute Gasteiger partial charge is 0.234 e. The molecule has 6 heteroatoms. The third-order valence-electron chi connectivity index (χ3n) is 4.13. The van der Waals surface area contributed by atoms with Crippen LogP contribution in [-0.2, 0) is 14.6 Å². The summed E-state index contributed by atoms with van der Waals surface area (Å²) in [6.45, 7) is 3.12. The molecule has 2 rings (SSSR count). The SMILES string of the molecule is CC(c1ccc(S(C)(=O)=O)cc1)N(C)CC(=O)NCC1CC1. The molecule has 0 radical (unpaired) electrons. The Kier molecular flexibility index (Phi) is 5.24. The van der Waals surface area contributed by atoms with E-state index in [9.17, 15) is 13.2 Å². The number of amides is 1. The zero-order chi connectivity index (χ0) is 16.3. The molecule has 1 saturated carbocycles. The van der Waals surface area contributed by atoms with Crippen molar-refractivity contribution in [2.75, 3.05) is 26.4 Å². The van der Waals surface area contributed by atoms with Crippen LogP contribution in [0.25, 0.3) is 0 Å². The van der Waals surface area contributed by atoms with Gasteiger partial charge in [-0.1, -0.05) is 12.1 Å². The van der Waals surface area contributed by atoms with E-state index < -0.39 is 9.84 Å². The maximum absolute atomic E-state index is 11.9. The van der Waals surface area contributed by atoms with Crippen LogP contribution in [0.1, 0.15) is 31.4 Å². The van der Waals surface area contributed by atoms with Gasteiger partial charge in [0.15, 0.2) is 9.84 Å². The average molecular weight is 324 g/mol. The first-order valence-corrected chi connectivity index (χ1v) is 9.43. The van der Waals surface area contributed by atoms with Crippen molar-refractivity contribution < 1.29 is 13.2 Å². The number of nitrogens with zero attached hydrogens (tertiary/aromatic N) is 1. The topological polar surface area (TPSA) is 66.5 Å². The summed E-state index contributed by atoms with van der Waals surface area (Å²) in [4.78, 5) is 14.1. The highest BCUT2D eigenvalue weighted by Crippen LogP contribution is 2.27. The van der Waals surface area contributed by atoms with Gasteiger partial charge in [0.05, 0.1) is 11.4 Å². The lowest BCUT2D eigenvalue weighted by Crippen LogP contribution is -2.37. The first-order chi connectivity index (χ1) is 10.3. The molecular weight excluding hydrogens is 300 g/mol. The van der Waals surface area contributed by atoms with Crippen LogP contribution >= 0.6 is 0 Å². The molecule has 1 aromatic rings. The van der Waals surface area contributed by atoms with Crippen LogP contribution in [0.5, 0.6) is 0 Å². The quantitative estimate of drug-likeness (QED) is 0.827. The van der Waals surface area contributed by atoms with Crippen molar-refractivity contribution in [1.29, 1.82) is 0 Å². The Morgan fingerprint density at radius 2 is 1.91 bits per heavy atom. The molecule has 0 heterocycles. The number of hydrogen-bond acceptors (Lipinski definition) is 4. The van der Waals surface area contributed by atoms with Crippen LogP contribution in [0.2, 0.25) is 0 Å². The zero-order valence-corrected chi connectivity index (χ0v) is 14.2. The minimum absolute atomic E-state index is 0.0361. The van der Waals surface area contributed by atoms with Crippen molar-refractivity contribution in [3.05, 3.63) is 29.8 Å². The highest BCUT2D eigenvalue weighted by atomic mass is 32.2. The monoisotopic (exact) mass is 324 g/mol. The van der Waals surface area contributed by atoms with Gasteiger partial charge >= 0.3 is 0 Å². The third-order valence-corrected chi connectivity index (χ3v) is 5.26. The molecule has 0 bridgehead atoms. The van der Waals surface area contributed by atoms with Gasteiger partial charge in [-0.3, -0.25) is 9.69 Å². The van der Waals surface area contributed by atoms with E-state index in [4.69, 9.17) is 0 Å². The summed E-state index contributed by atoms with van der Waals surface area (Å²) in [5.74, 6) is 0.712. The lowest BCUT2D eigenvalue weighted by Gasteiger charge is -2.24. The maximum Gasteiger partial charge on any atom is 0.234 e. The van der Waals surface area contributed by atoms with Crippen LogP contribution in [0.15, 0.2) is 29.2 Å². The van der Waals surface area contributed by atoms with E-state index in [1.807, 2.05) is 18.9 Å². The zero-order valence-electron chi connectivity index (χ0n) is 13.4. The van der Waals surface area contributed by atoms with Gasteiger partial charge in [-0.05, 0) is 50.4 Å². The fourth-order valence-corrected chi connectivity index (χ4v) is 2.88. The average Bonchev–Trinajstić information content (AvgIpc) is 3.27. The number of nitrogens with one attached hydrogen (secondary N) is 1. The van der Waals surface area contributed by atoms with E-state index >= 15 is 0 Å². The van der Waals surface area contributed by atoms with E-state index in [1.54, 1.807) is 24.3 Å². The van der Waals surface area contributed by atoms with Crippen molar-refractivity contribution in [1.82, 2.24) is 10.2 Å². The van der Waals surface area contributed by atoms with Gasteiger partial charge in [0.2, 0.25) is 5.91 Å². The Morgan fingerprint density at radius 1 is 1.32 bits per heavy atom. The van der Waals surface area contributed by atoms with Gasteiger partial charge in [-0.15, -0.1) is 0 Å². The van der Waals surface area contributed by atoms with Crippen LogP contribution in [0.3, 0.4) is 0 Å². The van der Waals surface area contributed by atoms with E-state index in [2.05, 4.69) is 5.32 Å². The number of sulfone groups is 1. The second kappa shape index (κ2) is 6.79. The van der Waals surface area contributed by atoms with E-state index in [-0.39, 0.29) is 11.9 Å². The summed E-state index contributed by atoms with van der Waals surface area (Å²) in [6.07, 6.45) is 3.64. The summed E-state index contributed by atoms with van der Waals surface area (Å²) in [5, 5.41) is 2.95. The minimum Gasteiger partial charge on any atom is -0.355 e. The van der Waals surface area contributed by atoms with Crippen molar-refractivity contribution in [2.45, 2.75) is 30.7 Å². The second-order valence-electron chi connectivity index (χ2n) is 6.18.